The summed E-state index contributed by atoms with van der Waals surface area (Å²) in [7, 11) is 0. The van der Waals surface area contributed by atoms with Crippen molar-refractivity contribution in [1.82, 2.24) is 4.90 Å². The van der Waals surface area contributed by atoms with Crippen LogP contribution in [0.15, 0.2) is 0 Å². The molecule has 1 saturated heterocycles. The molecule has 0 aromatic rings. The smallest absolute Gasteiger partial charge is 0.236 e. The fourth-order valence-corrected chi connectivity index (χ4v) is 4.27. The summed E-state index contributed by atoms with van der Waals surface area (Å²) in [5, 5.41) is 0. The minimum absolute atomic E-state index is 0.0363. The van der Waals surface area contributed by atoms with Crippen molar-refractivity contribution in [3.05, 3.63) is 0 Å². The second kappa shape index (κ2) is 4.05. The number of nitrogens with two attached hydrogens (primary N) is 1. The van der Waals surface area contributed by atoms with Crippen molar-refractivity contribution in [3.8, 4) is 0 Å². The van der Waals surface area contributed by atoms with E-state index in [4.69, 9.17) is 5.73 Å². The molecule has 2 N–H and O–H groups in total. The van der Waals surface area contributed by atoms with E-state index < -0.39 is 0 Å². The predicted octanol–water partition coefficient (Wildman–Crippen LogP) is 1.58. The lowest BCUT2D eigenvalue weighted by Crippen LogP contribution is -2.55. The van der Waals surface area contributed by atoms with Gasteiger partial charge in [0, 0.05) is 13.0 Å². The van der Waals surface area contributed by atoms with Gasteiger partial charge in [-0.05, 0) is 25.7 Å². The van der Waals surface area contributed by atoms with Gasteiger partial charge >= 0.3 is 0 Å². The average molecular weight is 250 g/mol. The van der Waals surface area contributed by atoms with E-state index in [1.165, 1.54) is 0 Å². The van der Waals surface area contributed by atoms with Crippen molar-refractivity contribution in [3.63, 3.8) is 0 Å². The van der Waals surface area contributed by atoms with Crippen LogP contribution in [0.25, 0.3) is 0 Å². The van der Waals surface area contributed by atoms with Crippen molar-refractivity contribution < 1.29 is 9.59 Å². The number of amides is 2. The third kappa shape index (κ3) is 1.48. The van der Waals surface area contributed by atoms with Gasteiger partial charge in [-0.3, -0.25) is 14.5 Å². The summed E-state index contributed by atoms with van der Waals surface area (Å²) < 4.78 is 0. The lowest BCUT2D eigenvalue weighted by atomic mass is 9.84. The molecular formula is C14H22N2O2. The monoisotopic (exact) mass is 250 g/mol. The van der Waals surface area contributed by atoms with E-state index >= 15 is 0 Å². The molecule has 0 aromatic heterocycles. The van der Waals surface area contributed by atoms with Crippen molar-refractivity contribution in [1.29, 1.82) is 0 Å². The van der Waals surface area contributed by atoms with Crippen molar-refractivity contribution >= 4 is 11.8 Å². The van der Waals surface area contributed by atoms with Crippen molar-refractivity contribution in [2.24, 2.45) is 11.1 Å². The van der Waals surface area contributed by atoms with Crippen LogP contribution in [0.1, 0.15) is 57.8 Å². The van der Waals surface area contributed by atoms with Gasteiger partial charge in [0.15, 0.2) is 0 Å². The Morgan fingerprint density at radius 3 is 2.11 bits per heavy atom. The topological polar surface area (TPSA) is 63.4 Å². The van der Waals surface area contributed by atoms with Crippen LogP contribution < -0.4 is 5.73 Å². The summed E-state index contributed by atoms with van der Waals surface area (Å²) in [6, 6.07) is 0. The molecule has 2 aliphatic carbocycles. The van der Waals surface area contributed by atoms with E-state index in [0.29, 0.717) is 13.0 Å². The summed E-state index contributed by atoms with van der Waals surface area (Å²) in [4.78, 5) is 26.7. The number of imide groups is 1. The number of carbonyl (C=O) groups excluding carboxylic acids is 2. The van der Waals surface area contributed by atoms with Crippen LogP contribution in [0.4, 0.5) is 0 Å². The zero-order chi connectivity index (χ0) is 12.8. The zero-order valence-electron chi connectivity index (χ0n) is 10.9. The predicted molar refractivity (Wildman–Crippen MR) is 67.6 cm³/mol. The summed E-state index contributed by atoms with van der Waals surface area (Å²) >= 11 is 0. The highest BCUT2D eigenvalue weighted by Crippen LogP contribution is 2.50. The molecule has 3 aliphatic rings. The van der Waals surface area contributed by atoms with Crippen LogP contribution in [0.5, 0.6) is 0 Å². The number of hydrogen-bond acceptors (Lipinski definition) is 3. The largest absolute Gasteiger partial charge is 0.328 e. The molecule has 2 saturated carbocycles. The van der Waals surface area contributed by atoms with Crippen LogP contribution >= 0.6 is 0 Å². The van der Waals surface area contributed by atoms with Gasteiger partial charge in [-0.25, -0.2) is 0 Å². The fraction of sp³-hybridized carbons (Fsp3) is 0.857. The van der Waals surface area contributed by atoms with E-state index in [9.17, 15) is 9.59 Å². The maximum atomic E-state index is 12.7. The SMILES string of the molecule is NCC1(N2C(=O)CC3(CCCC3)C2=O)CCCC1. The highest BCUT2D eigenvalue weighted by molar-refractivity contribution is 6.06. The standard InChI is InChI=1S/C14H22N2O2/c15-10-14(7-3-4-8-14)16-11(17)9-13(12(16)18)5-1-2-6-13/h1-10,15H2. The minimum Gasteiger partial charge on any atom is -0.328 e. The maximum absolute atomic E-state index is 12.7. The molecule has 1 heterocycles. The minimum atomic E-state index is -0.347. The Kier molecular flexibility index (Phi) is 2.73. The molecule has 0 radical (unpaired) electrons. The van der Waals surface area contributed by atoms with E-state index in [1.807, 2.05) is 0 Å². The molecule has 1 aliphatic heterocycles. The first kappa shape index (κ1) is 12.2. The Bertz CT molecular complexity index is 379. The Balaban J connectivity index is 1.93. The Hall–Kier alpha value is -0.900. The lowest BCUT2D eigenvalue weighted by Gasteiger charge is -2.37. The summed E-state index contributed by atoms with van der Waals surface area (Å²) in [6.45, 7) is 0.431. The Morgan fingerprint density at radius 1 is 1.00 bits per heavy atom. The third-order valence-electron chi connectivity index (χ3n) is 5.35. The highest BCUT2D eigenvalue weighted by Gasteiger charge is 2.58. The van der Waals surface area contributed by atoms with E-state index in [0.717, 1.165) is 51.4 Å². The number of hydrogen-bond donors (Lipinski definition) is 1. The molecule has 1 spiro atoms. The van der Waals surface area contributed by atoms with Crippen molar-refractivity contribution in [2.75, 3.05) is 6.54 Å². The maximum Gasteiger partial charge on any atom is 0.236 e. The van der Waals surface area contributed by atoms with E-state index in [1.54, 1.807) is 4.90 Å². The van der Waals surface area contributed by atoms with Crippen LogP contribution in [-0.4, -0.2) is 28.8 Å². The second-order valence-electron chi connectivity index (χ2n) is 6.33. The number of nitrogens with zero attached hydrogens (tertiary/aromatic N) is 1. The fourth-order valence-electron chi connectivity index (χ4n) is 4.27. The molecule has 0 bridgehead atoms. The average Bonchev–Trinajstić information content (AvgIpc) is 3.03. The van der Waals surface area contributed by atoms with Crippen LogP contribution in [0.2, 0.25) is 0 Å². The number of likely N-dealkylation sites (tertiary alicyclic amines) is 1. The van der Waals surface area contributed by atoms with Gasteiger partial charge in [0.05, 0.1) is 11.0 Å². The highest BCUT2D eigenvalue weighted by atomic mass is 16.2. The normalized spacial score (nSPS) is 29.7. The molecule has 18 heavy (non-hydrogen) atoms. The van der Waals surface area contributed by atoms with Crippen LogP contribution in [0, 0.1) is 5.41 Å². The lowest BCUT2D eigenvalue weighted by molar-refractivity contribution is -0.148. The van der Waals surface area contributed by atoms with Gasteiger partial charge in [-0.15, -0.1) is 0 Å². The summed E-state index contributed by atoms with van der Waals surface area (Å²) in [6.07, 6.45) is 8.37. The first-order valence-electron chi connectivity index (χ1n) is 7.21. The molecular weight excluding hydrogens is 228 g/mol. The van der Waals surface area contributed by atoms with Crippen LogP contribution in [0.3, 0.4) is 0 Å². The van der Waals surface area contributed by atoms with Crippen LogP contribution in [-0.2, 0) is 9.59 Å². The van der Waals surface area contributed by atoms with E-state index in [-0.39, 0.29) is 22.8 Å². The molecule has 3 rings (SSSR count). The van der Waals surface area contributed by atoms with Gasteiger partial charge in [0.1, 0.15) is 0 Å². The first-order valence-corrected chi connectivity index (χ1v) is 7.21. The Labute approximate surface area is 108 Å². The molecule has 4 nitrogen and oxygen atoms in total. The molecule has 2 amide bonds. The quantitative estimate of drug-likeness (QED) is 0.757. The van der Waals surface area contributed by atoms with Gasteiger partial charge < -0.3 is 5.73 Å². The third-order valence-corrected chi connectivity index (χ3v) is 5.35. The molecule has 3 fully saturated rings. The second-order valence-corrected chi connectivity index (χ2v) is 6.33. The van der Waals surface area contributed by atoms with Gasteiger partial charge in [0.25, 0.3) is 0 Å². The molecule has 0 unspecified atom stereocenters. The summed E-state index contributed by atoms with van der Waals surface area (Å²) in [5.41, 5.74) is 5.22. The number of rotatable bonds is 2. The van der Waals surface area contributed by atoms with Gasteiger partial charge in [-0.2, -0.15) is 0 Å². The molecule has 100 valence electrons. The first-order chi connectivity index (χ1) is 8.64. The van der Waals surface area contributed by atoms with Gasteiger partial charge in [-0.1, -0.05) is 25.7 Å². The molecule has 0 atom stereocenters. The van der Waals surface area contributed by atoms with Gasteiger partial charge in [0.2, 0.25) is 11.8 Å². The number of carbonyl (C=O) groups is 2. The summed E-state index contributed by atoms with van der Waals surface area (Å²) in [5.74, 6) is 0.131. The van der Waals surface area contributed by atoms with Crippen molar-refractivity contribution in [2.45, 2.75) is 63.3 Å². The Morgan fingerprint density at radius 2 is 1.56 bits per heavy atom. The van der Waals surface area contributed by atoms with E-state index in [2.05, 4.69) is 0 Å². The zero-order valence-corrected chi connectivity index (χ0v) is 10.9. The molecule has 4 heteroatoms. The molecule has 0 aromatic carbocycles.